The average molecular weight is 379 g/mol. The Morgan fingerprint density at radius 2 is 2.29 bits per heavy atom. The molecule has 146 valence electrons. The number of H-pyrrole nitrogens is 1. The van der Waals surface area contributed by atoms with Gasteiger partial charge in [-0.3, -0.25) is 9.67 Å². The van der Waals surface area contributed by atoms with Crippen LogP contribution in [0.1, 0.15) is 40.8 Å². The minimum Gasteiger partial charge on any atom is -0.348 e. The summed E-state index contributed by atoms with van der Waals surface area (Å²) in [5.41, 5.74) is 5.11. The fourth-order valence-corrected chi connectivity index (χ4v) is 3.80. The lowest BCUT2D eigenvalue weighted by molar-refractivity contribution is 0.178. The number of aromatic nitrogens is 5. The van der Waals surface area contributed by atoms with Crippen LogP contribution in [-0.2, 0) is 13.0 Å². The number of carbonyl (C=O) groups is 1. The number of aromatic amines is 1. The van der Waals surface area contributed by atoms with Gasteiger partial charge in [-0.05, 0) is 38.0 Å². The van der Waals surface area contributed by atoms with E-state index < -0.39 is 0 Å². The molecule has 28 heavy (non-hydrogen) atoms. The second kappa shape index (κ2) is 7.84. The molecule has 1 atom stereocenters. The fraction of sp³-hybridized carbons (Fsp3) is 0.400. The third-order valence-electron chi connectivity index (χ3n) is 5.11. The van der Waals surface area contributed by atoms with Crippen molar-refractivity contribution in [1.29, 1.82) is 0 Å². The molecule has 0 saturated carbocycles. The van der Waals surface area contributed by atoms with Gasteiger partial charge in [0.2, 0.25) is 0 Å². The van der Waals surface area contributed by atoms with E-state index in [1.807, 2.05) is 35.6 Å². The zero-order valence-electron chi connectivity index (χ0n) is 16.2. The van der Waals surface area contributed by atoms with Crippen LogP contribution >= 0.6 is 0 Å². The molecule has 0 radical (unpaired) electrons. The number of aryl methyl sites for hydroxylation is 3. The van der Waals surface area contributed by atoms with Crippen LogP contribution in [0.15, 0.2) is 36.9 Å². The summed E-state index contributed by atoms with van der Waals surface area (Å²) in [6.07, 6.45) is 6.83. The molecule has 0 bridgehead atoms. The van der Waals surface area contributed by atoms with Crippen LogP contribution in [0.5, 0.6) is 0 Å². The number of hydrogen-bond acceptors (Lipinski definition) is 4. The molecular weight excluding hydrogens is 354 g/mol. The number of rotatable bonds is 5. The average Bonchev–Trinajstić information content (AvgIpc) is 3.30. The maximum absolute atomic E-state index is 12.9. The number of urea groups is 1. The second-order valence-electron chi connectivity index (χ2n) is 7.13. The molecule has 1 unspecified atom stereocenters. The number of imidazole rings is 1. The topological polar surface area (TPSA) is 91.7 Å². The Morgan fingerprint density at radius 3 is 3.04 bits per heavy atom. The van der Waals surface area contributed by atoms with Crippen LogP contribution in [-0.4, -0.2) is 48.8 Å². The van der Waals surface area contributed by atoms with E-state index in [2.05, 4.69) is 31.4 Å². The first kappa shape index (κ1) is 18.2. The lowest BCUT2D eigenvalue weighted by Crippen LogP contribution is -2.46. The molecule has 1 aliphatic rings. The highest BCUT2D eigenvalue weighted by molar-refractivity contribution is 5.75. The van der Waals surface area contributed by atoms with Gasteiger partial charge in [0.05, 0.1) is 17.7 Å². The Bertz CT molecular complexity index is 947. The van der Waals surface area contributed by atoms with Gasteiger partial charge in [-0.15, -0.1) is 0 Å². The van der Waals surface area contributed by atoms with Gasteiger partial charge in [-0.25, -0.2) is 9.78 Å². The summed E-state index contributed by atoms with van der Waals surface area (Å²) in [6, 6.07) is 5.65. The SMILES string of the molecule is Cc1cc(C)n(CCCNC(=O)N2CCc3[nH]cnc3C2c2cccnc2)n1. The highest BCUT2D eigenvalue weighted by Crippen LogP contribution is 2.32. The van der Waals surface area contributed by atoms with Gasteiger partial charge in [0.1, 0.15) is 6.04 Å². The first-order chi connectivity index (χ1) is 13.6. The molecule has 3 aromatic rings. The monoisotopic (exact) mass is 379 g/mol. The van der Waals surface area contributed by atoms with E-state index >= 15 is 0 Å². The number of carbonyl (C=O) groups excluding carboxylic acids is 1. The van der Waals surface area contributed by atoms with E-state index in [-0.39, 0.29) is 12.1 Å². The smallest absolute Gasteiger partial charge is 0.318 e. The standard InChI is InChI=1S/C20H25N7O/c1-14-11-15(2)27(25-14)9-4-8-22-20(28)26-10-6-17-18(24-13-23-17)19(26)16-5-3-7-21-12-16/h3,5,7,11-13,19H,4,6,8-10H2,1-2H3,(H,22,28)(H,23,24). The molecule has 3 aromatic heterocycles. The van der Waals surface area contributed by atoms with Gasteiger partial charge in [-0.1, -0.05) is 6.07 Å². The Balaban J connectivity index is 1.42. The summed E-state index contributed by atoms with van der Waals surface area (Å²) < 4.78 is 1.98. The van der Waals surface area contributed by atoms with Crippen molar-refractivity contribution in [2.24, 2.45) is 0 Å². The second-order valence-corrected chi connectivity index (χ2v) is 7.13. The van der Waals surface area contributed by atoms with E-state index in [0.717, 1.165) is 47.7 Å². The lowest BCUT2D eigenvalue weighted by Gasteiger charge is -2.35. The summed E-state index contributed by atoms with van der Waals surface area (Å²) in [5, 5.41) is 7.52. The lowest BCUT2D eigenvalue weighted by atomic mass is 9.97. The quantitative estimate of drug-likeness (QED) is 0.666. The highest BCUT2D eigenvalue weighted by atomic mass is 16.2. The van der Waals surface area contributed by atoms with Crippen molar-refractivity contribution >= 4 is 6.03 Å². The Kier molecular flexibility index (Phi) is 5.10. The van der Waals surface area contributed by atoms with Crippen LogP contribution in [0.25, 0.3) is 0 Å². The first-order valence-corrected chi connectivity index (χ1v) is 9.61. The summed E-state index contributed by atoms with van der Waals surface area (Å²) in [5.74, 6) is 0. The van der Waals surface area contributed by atoms with Crippen molar-refractivity contribution in [2.45, 2.75) is 39.3 Å². The van der Waals surface area contributed by atoms with Gasteiger partial charge in [-0.2, -0.15) is 5.10 Å². The number of nitrogens with one attached hydrogen (secondary N) is 2. The molecule has 0 aliphatic carbocycles. The highest BCUT2D eigenvalue weighted by Gasteiger charge is 2.34. The molecule has 4 rings (SSSR count). The van der Waals surface area contributed by atoms with Gasteiger partial charge < -0.3 is 15.2 Å². The molecule has 4 heterocycles. The fourth-order valence-electron chi connectivity index (χ4n) is 3.80. The van der Waals surface area contributed by atoms with Crippen molar-refractivity contribution in [3.8, 4) is 0 Å². The van der Waals surface area contributed by atoms with Crippen LogP contribution in [0, 0.1) is 13.8 Å². The molecule has 8 nitrogen and oxygen atoms in total. The summed E-state index contributed by atoms with van der Waals surface area (Å²) in [7, 11) is 0. The number of nitrogens with zero attached hydrogens (tertiary/aromatic N) is 5. The van der Waals surface area contributed by atoms with Gasteiger partial charge in [0, 0.05) is 49.8 Å². The summed E-state index contributed by atoms with van der Waals surface area (Å²) in [6.45, 7) is 6.06. The molecule has 2 amide bonds. The number of fused-ring (bicyclic) bond motifs is 1. The Hall–Kier alpha value is -3.16. The van der Waals surface area contributed by atoms with E-state index in [9.17, 15) is 4.79 Å². The van der Waals surface area contributed by atoms with Gasteiger partial charge >= 0.3 is 6.03 Å². The number of pyridine rings is 1. The van der Waals surface area contributed by atoms with Gasteiger partial charge in [0.15, 0.2) is 0 Å². The predicted molar refractivity (Wildman–Crippen MR) is 105 cm³/mol. The van der Waals surface area contributed by atoms with Crippen molar-refractivity contribution in [2.75, 3.05) is 13.1 Å². The zero-order valence-corrected chi connectivity index (χ0v) is 16.2. The maximum Gasteiger partial charge on any atom is 0.318 e. The van der Waals surface area contributed by atoms with E-state index in [4.69, 9.17) is 0 Å². The third-order valence-corrected chi connectivity index (χ3v) is 5.11. The van der Waals surface area contributed by atoms with E-state index in [0.29, 0.717) is 13.1 Å². The predicted octanol–water partition coefficient (Wildman–Crippen LogP) is 2.37. The van der Waals surface area contributed by atoms with E-state index in [1.165, 1.54) is 0 Å². The van der Waals surface area contributed by atoms with Crippen molar-refractivity contribution in [3.05, 3.63) is 65.3 Å². The molecule has 0 saturated heterocycles. The van der Waals surface area contributed by atoms with E-state index in [1.54, 1.807) is 18.7 Å². The van der Waals surface area contributed by atoms with Crippen LogP contribution in [0.4, 0.5) is 4.79 Å². The molecule has 2 N–H and O–H groups in total. The molecule has 1 aliphatic heterocycles. The van der Waals surface area contributed by atoms with Crippen molar-refractivity contribution in [3.63, 3.8) is 0 Å². The zero-order chi connectivity index (χ0) is 19.5. The number of amides is 2. The summed E-state index contributed by atoms with van der Waals surface area (Å²) >= 11 is 0. The molecular formula is C20H25N7O. The number of hydrogen-bond donors (Lipinski definition) is 2. The van der Waals surface area contributed by atoms with Crippen molar-refractivity contribution in [1.82, 2.24) is 34.9 Å². The minimum absolute atomic E-state index is 0.0733. The molecule has 8 heteroatoms. The van der Waals surface area contributed by atoms with Crippen LogP contribution < -0.4 is 5.32 Å². The molecule has 0 aromatic carbocycles. The normalized spacial score (nSPS) is 16.1. The first-order valence-electron chi connectivity index (χ1n) is 9.61. The molecule has 0 spiro atoms. The maximum atomic E-state index is 12.9. The van der Waals surface area contributed by atoms with Crippen LogP contribution in [0.2, 0.25) is 0 Å². The third kappa shape index (κ3) is 3.62. The largest absolute Gasteiger partial charge is 0.348 e. The van der Waals surface area contributed by atoms with Crippen molar-refractivity contribution < 1.29 is 4.79 Å². The Labute approximate surface area is 164 Å². The molecule has 0 fully saturated rings. The van der Waals surface area contributed by atoms with Crippen LogP contribution in [0.3, 0.4) is 0 Å². The Morgan fingerprint density at radius 1 is 1.39 bits per heavy atom. The summed E-state index contributed by atoms with van der Waals surface area (Å²) in [4.78, 5) is 26.7. The minimum atomic E-state index is -0.222. The van der Waals surface area contributed by atoms with Gasteiger partial charge in [0.25, 0.3) is 0 Å².